The minimum absolute atomic E-state index is 0.0359. The lowest BCUT2D eigenvalue weighted by Gasteiger charge is -2.11. The molecule has 0 fully saturated rings. The van der Waals surface area contributed by atoms with E-state index in [0.717, 1.165) is 5.56 Å². The van der Waals surface area contributed by atoms with Crippen molar-refractivity contribution in [2.45, 2.75) is 25.3 Å². The van der Waals surface area contributed by atoms with E-state index in [0.29, 0.717) is 32.7 Å². The normalized spacial score (nSPS) is 11.6. The molecule has 3 rings (SSSR count). The molecule has 148 valence electrons. The first-order chi connectivity index (χ1) is 13.1. The Balaban J connectivity index is 1.87. The molecule has 10 heteroatoms. The van der Waals surface area contributed by atoms with Gasteiger partial charge in [-0.2, -0.15) is 5.10 Å². The zero-order valence-electron chi connectivity index (χ0n) is 14.8. The van der Waals surface area contributed by atoms with E-state index in [-0.39, 0.29) is 15.7 Å². The molecule has 0 aliphatic carbocycles. The van der Waals surface area contributed by atoms with Crippen molar-refractivity contribution in [3.8, 4) is 0 Å². The van der Waals surface area contributed by atoms with E-state index in [9.17, 15) is 8.42 Å². The van der Waals surface area contributed by atoms with Crippen LogP contribution in [0.1, 0.15) is 16.7 Å². The number of aryl methyl sites for hydroxylation is 2. The topological polar surface area (TPSA) is 64.0 Å². The summed E-state index contributed by atoms with van der Waals surface area (Å²) in [7, 11) is -3.89. The fraction of sp³-hybridized carbons (Fsp3) is 0.167. The average molecular weight is 479 g/mol. The van der Waals surface area contributed by atoms with E-state index in [2.05, 4.69) is 9.82 Å². The maximum absolute atomic E-state index is 12.8. The van der Waals surface area contributed by atoms with E-state index in [1.807, 2.05) is 0 Å². The number of nitrogens with zero attached hydrogens (tertiary/aromatic N) is 2. The highest BCUT2D eigenvalue weighted by atomic mass is 35.5. The van der Waals surface area contributed by atoms with Gasteiger partial charge in [0.05, 0.1) is 21.5 Å². The lowest BCUT2D eigenvalue weighted by atomic mass is 10.2. The minimum atomic E-state index is -3.89. The third-order valence-electron chi connectivity index (χ3n) is 4.02. The van der Waals surface area contributed by atoms with Crippen LogP contribution in [0, 0.1) is 13.8 Å². The van der Waals surface area contributed by atoms with Crippen LogP contribution in [0.2, 0.25) is 20.1 Å². The number of hydrogen-bond acceptors (Lipinski definition) is 3. The van der Waals surface area contributed by atoms with Crippen molar-refractivity contribution >= 4 is 62.2 Å². The number of rotatable bonds is 5. The van der Waals surface area contributed by atoms with Crippen LogP contribution in [0.3, 0.4) is 0 Å². The second-order valence-corrected chi connectivity index (χ2v) is 9.52. The molecule has 2 aromatic carbocycles. The van der Waals surface area contributed by atoms with Crippen molar-refractivity contribution in [3.63, 3.8) is 0 Å². The molecule has 1 aromatic heterocycles. The maximum atomic E-state index is 12.8. The molecule has 0 saturated carbocycles. The average Bonchev–Trinajstić information content (AvgIpc) is 2.92. The van der Waals surface area contributed by atoms with Gasteiger partial charge in [-0.05, 0) is 54.8 Å². The molecular weight excluding hydrogens is 464 g/mol. The number of sulfonamides is 1. The zero-order valence-corrected chi connectivity index (χ0v) is 18.6. The monoisotopic (exact) mass is 477 g/mol. The molecule has 0 spiro atoms. The molecule has 0 saturated heterocycles. The fourth-order valence-corrected chi connectivity index (χ4v) is 4.72. The molecule has 0 unspecified atom stereocenters. The van der Waals surface area contributed by atoms with Gasteiger partial charge in [0, 0.05) is 11.2 Å². The first-order valence-electron chi connectivity index (χ1n) is 8.03. The van der Waals surface area contributed by atoms with Crippen molar-refractivity contribution in [1.82, 2.24) is 9.78 Å². The summed E-state index contributed by atoms with van der Waals surface area (Å²) in [4.78, 5) is 0.115. The number of hydrogen-bond donors (Lipinski definition) is 1. The number of nitrogens with one attached hydrogen (secondary N) is 1. The van der Waals surface area contributed by atoms with E-state index in [1.54, 1.807) is 38.1 Å². The summed E-state index contributed by atoms with van der Waals surface area (Å²) in [5, 5.41) is 5.78. The summed E-state index contributed by atoms with van der Waals surface area (Å²) in [6.45, 7) is 3.75. The van der Waals surface area contributed by atoms with Crippen molar-refractivity contribution in [1.29, 1.82) is 0 Å². The van der Waals surface area contributed by atoms with Gasteiger partial charge in [-0.3, -0.25) is 9.40 Å². The number of anilines is 1. The third kappa shape index (κ3) is 4.58. The van der Waals surface area contributed by atoms with Crippen LogP contribution >= 0.6 is 46.4 Å². The predicted octanol–water partition coefficient (Wildman–Crippen LogP) is 5.96. The van der Waals surface area contributed by atoms with Crippen LogP contribution in [0.15, 0.2) is 41.4 Å². The summed E-state index contributed by atoms with van der Waals surface area (Å²) in [5.41, 5.74) is 2.02. The lowest BCUT2D eigenvalue weighted by Crippen LogP contribution is -2.15. The van der Waals surface area contributed by atoms with E-state index in [4.69, 9.17) is 46.4 Å². The first-order valence-corrected chi connectivity index (χ1v) is 11.0. The van der Waals surface area contributed by atoms with E-state index < -0.39 is 10.0 Å². The van der Waals surface area contributed by atoms with Crippen LogP contribution in [0.4, 0.5) is 5.82 Å². The Bertz CT molecular complexity index is 1160. The predicted molar refractivity (Wildman–Crippen MR) is 115 cm³/mol. The molecule has 1 N–H and O–H groups in total. The SMILES string of the molecule is Cc1cc(S(=O)(=O)Nc2nn(Cc3ccc(Cl)c(Cl)c3)cc2Cl)c(C)cc1Cl. The van der Waals surface area contributed by atoms with Gasteiger partial charge in [0.1, 0.15) is 5.02 Å². The van der Waals surface area contributed by atoms with Gasteiger partial charge in [0.2, 0.25) is 0 Å². The smallest absolute Gasteiger partial charge is 0.263 e. The molecule has 0 amide bonds. The molecule has 0 atom stereocenters. The molecular formula is C18H15Cl4N3O2S. The standard InChI is InChI=1S/C18H15Cl4N3O2S/c1-10-6-17(11(2)5-14(10)20)28(26,27)24-18-16(22)9-25(23-18)8-12-3-4-13(19)15(21)7-12/h3-7,9H,8H2,1-2H3,(H,23,24). The summed E-state index contributed by atoms with van der Waals surface area (Å²) < 4.78 is 29.5. The number of benzene rings is 2. The van der Waals surface area contributed by atoms with Crippen LogP contribution in [0.25, 0.3) is 0 Å². The van der Waals surface area contributed by atoms with Gasteiger partial charge in [0.25, 0.3) is 10.0 Å². The van der Waals surface area contributed by atoms with Crippen molar-refractivity contribution < 1.29 is 8.42 Å². The fourth-order valence-electron chi connectivity index (χ4n) is 2.60. The van der Waals surface area contributed by atoms with Crippen molar-refractivity contribution in [2.24, 2.45) is 0 Å². The Morgan fingerprint density at radius 2 is 1.64 bits per heavy atom. The largest absolute Gasteiger partial charge is 0.265 e. The Morgan fingerprint density at radius 1 is 0.929 bits per heavy atom. The lowest BCUT2D eigenvalue weighted by molar-refractivity contribution is 0.600. The molecule has 0 bridgehead atoms. The highest BCUT2D eigenvalue weighted by Crippen LogP contribution is 2.28. The van der Waals surface area contributed by atoms with Crippen molar-refractivity contribution in [3.05, 3.63) is 73.3 Å². The molecule has 3 aromatic rings. The summed E-state index contributed by atoms with van der Waals surface area (Å²) in [6, 6.07) is 8.31. The summed E-state index contributed by atoms with van der Waals surface area (Å²) in [6.07, 6.45) is 1.53. The maximum Gasteiger partial charge on any atom is 0.263 e. The third-order valence-corrected chi connectivity index (χ3v) is 6.93. The van der Waals surface area contributed by atoms with Gasteiger partial charge in [-0.15, -0.1) is 0 Å². The zero-order chi connectivity index (χ0) is 20.6. The van der Waals surface area contributed by atoms with Gasteiger partial charge in [-0.25, -0.2) is 8.42 Å². The number of aromatic nitrogens is 2. The summed E-state index contributed by atoms with van der Waals surface area (Å²) >= 11 is 24.2. The number of halogens is 4. The Hall–Kier alpha value is -1.44. The Morgan fingerprint density at radius 3 is 2.32 bits per heavy atom. The minimum Gasteiger partial charge on any atom is -0.265 e. The van der Waals surface area contributed by atoms with E-state index in [1.165, 1.54) is 16.9 Å². The van der Waals surface area contributed by atoms with Crippen LogP contribution in [0.5, 0.6) is 0 Å². The van der Waals surface area contributed by atoms with Crippen molar-refractivity contribution in [2.75, 3.05) is 4.72 Å². The molecule has 0 aliphatic heterocycles. The highest BCUT2D eigenvalue weighted by Gasteiger charge is 2.21. The van der Waals surface area contributed by atoms with E-state index >= 15 is 0 Å². The molecule has 5 nitrogen and oxygen atoms in total. The van der Waals surface area contributed by atoms with Crippen LogP contribution in [-0.4, -0.2) is 18.2 Å². The van der Waals surface area contributed by atoms with Gasteiger partial charge >= 0.3 is 0 Å². The first kappa shape index (κ1) is 21.3. The molecule has 1 heterocycles. The van der Waals surface area contributed by atoms with Crippen LogP contribution < -0.4 is 4.72 Å². The van der Waals surface area contributed by atoms with Gasteiger partial charge < -0.3 is 0 Å². The highest BCUT2D eigenvalue weighted by molar-refractivity contribution is 7.92. The second-order valence-electron chi connectivity index (χ2n) is 6.24. The van der Waals surface area contributed by atoms with Gasteiger partial charge in [-0.1, -0.05) is 52.5 Å². The molecule has 28 heavy (non-hydrogen) atoms. The Kier molecular flexibility index (Phi) is 6.17. The molecule has 0 radical (unpaired) electrons. The summed E-state index contributed by atoms with van der Waals surface area (Å²) in [5.74, 6) is 0.0359. The van der Waals surface area contributed by atoms with Crippen LogP contribution in [-0.2, 0) is 16.6 Å². The van der Waals surface area contributed by atoms with Gasteiger partial charge in [0.15, 0.2) is 5.82 Å². The molecule has 0 aliphatic rings. The quantitative estimate of drug-likeness (QED) is 0.491. The Labute approximate surface area is 183 Å². The second kappa shape index (κ2) is 8.13.